The largest absolute Gasteiger partial charge is 0.441 e. The molecule has 10 nitrogen and oxygen atoms in total. The summed E-state index contributed by atoms with van der Waals surface area (Å²) < 4.78 is 19.6. The molecule has 1 spiro atoms. The highest BCUT2D eigenvalue weighted by molar-refractivity contribution is 6.10. The Bertz CT molecular complexity index is 838. The van der Waals surface area contributed by atoms with E-state index in [1.165, 1.54) is 0 Å². The number of likely N-dealkylation sites (tertiary alicyclic amines) is 1. The van der Waals surface area contributed by atoms with Crippen LogP contribution in [0.15, 0.2) is 16.6 Å². The number of amides is 2. The lowest BCUT2D eigenvalue weighted by Crippen LogP contribution is -2.64. The Morgan fingerprint density at radius 2 is 2.06 bits per heavy atom. The fourth-order valence-corrected chi connectivity index (χ4v) is 5.39. The number of rotatable bonds is 9. The predicted molar refractivity (Wildman–Crippen MR) is 138 cm³/mol. The van der Waals surface area contributed by atoms with Crippen molar-refractivity contribution in [2.45, 2.75) is 76.5 Å². The molecule has 3 fully saturated rings. The van der Waals surface area contributed by atoms with E-state index in [2.05, 4.69) is 20.5 Å². The molecule has 0 aromatic carbocycles. The highest BCUT2D eigenvalue weighted by Crippen LogP contribution is 2.34. The number of nitrogens with two attached hydrogens (primary N) is 2. The van der Waals surface area contributed by atoms with Gasteiger partial charge in [-0.15, -0.1) is 0 Å². The summed E-state index contributed by atoms with van der Waals surface area (Å²) in [4.78, 5) is 33.9. The monoisotopic (exact) mass is 509 g/mol. The highest BCUT2D eigenvalue weighted by atomic mass is 19.1. The summed E-state index contributed by atoms with van der Waals surface area (Å²) >= 11 is 0. The fourth-order valence-electron chi connectivity index (χ4n) is 5.39. The number of nitrogens with one attached hydrogen (secondary N) is 2. The molecule has 3 rings (SSSR count). The Morgan fingerprint density at radius 1 is 1.36 bits per heavy atom. The van der Waals surface area contributed by atoms with E-state index in [4.69, 9.17) is 16.2 Å². The molecule has 0 radical (unpaired) electrons. The van der Waals surface area contributed by atoms with E-state index < -0.39 is 23.9 Å². The quantitative estimate of drug-likeness (QED) is 0.266. The molecule has 4 atom stereocenters. The van der Waals surface area contributed by atoms with Crippen LogP contribution in [0.2, 0.25) is 0 Å². The average molecular weight is 510 g/mol. The van der Waals surface area contributed by atoms with Crippen molar-refractivity contribution >= 4 is 17.7 Å². The lowest BCUT2D eigenvalue weighted by atomic mass is 9.88. The van der Waals surface area contributed by atoms with Crippen LogP contribution in [0, 0.1) is 5.92 Å². The van der Waals surface area contributed by atoms with Crippen molar-refractivity contribution in [3.05, 3.63) is 11.6 Å². The van der Waals surface area contributed by atoms with Crippen molar-refractivity contribution in [1.29, 1.82) is 0 Å². The summed E-state index contributed by atoms with van der Waals surface area (Å²) in [7, 11) is 1.77. The van der Waals surface area contributed by atoms with Crippen LogP contribution >= 0.6 is 0 Å². The number of carbonyl (C=O) groups excluding carboxylic acids is 2. The standard InChI is InChI=1S/C25H44FN7O3/c1-5-17(26)13-30-18(12-16(2)3)21(22(27)28)23(34)31-19-14-29-9-6-20(19)33-10-7-25(8-11-33)15-32(4)24(35)36-25/h12,17,19-22,29H,5-11,13-15,27-28H2,1-4H3,(H,31,34). The molecular weight excluding hydrogens is 465 g/mol. The minimum atomic E-state index is -1.09. The van der Waals surface area contributed by atoms with Crippen LogP contribution in [-0.2, 0) is 9.53 Å². The van der Waals surface area contributed by atoms with Gasteiger partial charge in [-0.1, -0.05) is 12.5 Å². The van der Waals surface area contributed by atoms with Crippen molar-refractivity contribution in [3.63, 3.8) is 0 Å². The predicted octanol–water partition coefficient (Wildman–Crippen LogP) is 0.765. The van der Waals surface area contributed by atoms with Crippen LogP contribution in [0.1, 0.15) is 46.5 Å². The van der Waals surface area contributed by atoms with E-state index in [9.17, 15) is 14.0 Å². The van der Waals surface area contributed by atoms with E-state index >= 15 is 0 Å². The second-order valence-corrected chi connectivity index (χ2v) is 10.7. The van der Waals surface area contributed by atoms with E-state index in [1.807, 2.05) is 13.8 Å². The van der Waals surface area contributed by atoms with Crippen LogP contribution in [0.25, 0.3) is 0 Å². The Morgan fingerprint density at radius 3 is 2.61 bits per heavy atom. The molecule has 0 bridgehead atoms. The number of allylic oxidation sites excluding steroid dienone is 2. The number of halogens is 1. The number of ether oxygens (including phenoxy) is 1. The summed E-state index contributed by atoms with van der Waals surface area (Å²) in [5.41, 5.74) is 13.1. The normalized spacial score (nSPS) is 26.6. The number of likely N-dealkylation sites (N-methyl/N-ethyl adjacent to an activating group) is 1. The zero-order valence-corrected chi connectivity index (χ0v) is 22.1. The summed E-state index contributed by atoms with van der Waals surface area (Å²) in [5, 5.41) is 6.55. The number of alkyl halides is 1. The van der Waals surface area contributed by atoms with Gasteiger partial charge in [0.25, 0.3) is 0 Å². The van der Waals surface area contributed by atoms with Gasteiger partial charge in [0.05, 0.1) is 31.0 Å². The number of nitrogens with zero attached hydrogens (tertiary/aromatic N) is 3. The van der Waals surface area contributed by atoms with Gasteiger partial charge in [0.1, 0.15) is 17.7 Å². The number of carbonyl (C=O) groups is 2. The topological polar surface area (TPSA) is 138 Å². The van der Waals surface area contributed by atoms with Crippen LogP contribution in [-0.4, -0.2) is 104 Å². The first-order chi connectivity index (χ1) is 17.0. The van der Waals surface area contributed by atoms with Gasteiger partial charge in [0.15, 0.2) is 0 Å². The molecule has 3 heterocycles. The second-order valence-electron chi connectivity index (χ2n) is 10.7. The van der Waals surface area contributed by atoms with E-state index in [0.717, 1.165) is 44.5 Å². The molecule has 36 heavy (non-hydrogen) atoms. The Balaban J connectivity index is 1.70. The third-order valence-corrected chi connectivity index (χ3v) is 7.43. The van der Waals surface area contributed by atoms with E-state index in [0.29, 0.717) is 25.2 Å². The zero-order chi connectivity index (χ0) is 26.5. The van der Waals surface area contributed by atoms with Gasteiger partial charge in [0, 0.05) is 45.6 Å². The minimum absolute atomic E-state index is 0.0327. The maximum Gasteiger partial charge on any atom is 0.410 e. The molecule has 3 aliphatic rings. The molecule has 204 valence electrons. The zero-order valence-electron chi connectivity index (χ0n) is 22.1. The van der Waals surface area contributed by atoms with Gasteiger partial charge in [0.2, 0.25) is 5.91 Å². The molecule has 6 N–H and O–H groups in total. The molecule has 2 amide bonds. The van der Waals surface area contributed by atoms with Crippen molar-refractivity contribution in [1.82, 2.24) is 20.4 Å². The molecular formula is C25H44FN7O3. The first-order valence-corrected chi connectivity index (χ1v) is 13.1. The molecule has 0 aliphatic carbocycles. The summed E-state index contributed by atoms with van der Waals surface area (Å²) in [6.45, 7) is 9.19. The van der Waals surface area contributed by atoms with Crippen LogP contribution < -0.4 is 22.1 Å². The van der Waals surface area contributed by atoms with Gasteiger partial charge >= 0.3 is 6.09 Å². The van der Waals surface area contributed by atoms with Gasteiger partial charge in [-0.3, -0.25) is 14.7 Å². The van der Waals surface area contributed by atoms with Crippen molar-refractivity contribution in [3.8, 4) is 0 Å². The molecule has 0 aromatic rings. The molecule has 0 aromatic heterocycles. The summed E-state index contributed by atoms with van der Waals surface area (Å²) in [6, 6.07) is -0.0101. The molecule has 0 saturated carbocycles. The summed E-state index contributed by atoms with van der Waals surface area (Å²) in [6.07, 6.45) is 2.21. The maximum atomic E-state index is 13.9. The van der Waals surface area contributed by atoms with Crippen molar-refractivity contribution in [2.24, 2.45) is 22.4 Å². The van der Waals surface area contributed by atoms with Gasteiger partial charge in [-0.05, 0) is 39.3 Å². The third kappa shape index (κ3) is 7.02. The van der Waals surface area contributed by atoms with Crippen molar-refractivity contribution in [2.75, 3.05) is 46.3 Å². The maximum absolute atomic E-state index is 13.9. The number of aliphatic imine (C=N–C) groups is 1. The average Bonchev–Trinajstić information content (AvgIpc) is 3.10. The first-order valence-electron chi connectivity index (χ1n) is 13.1. The second kappa shape index (κ2) is 12.4. The lowest BCUT2D eigenvalue weighted by Gasteiger charge is -2.45. The Kier molecular flexibility index (Phi) is 9.85. The molecule has 3 aliphatic heterocycles. The lowest BCUT2D eigenvalue weighted by molar-refractivity contribution is -0.125. The van der Waals surface area contributed by atoms with Gasteiger partial charge in [-0.2, -0.15) is 0 Å². The Hall–Kier alpha value is -2.08. The number of hydrogen-bond donors (Lipinski definition) is 4. The van der Waals surface area contributed by atoms with Crippen molar-refractivity contribution < 1.29 is 18.7 Å². The molecule has 4 unspecified atom stereocenters. The van der Waals surface area contributed by atoms with Crippen LogP contribution in [0.3, 0.4) is 0 Å². The SMILES string of the molecule is CCC(F)CN=C(C=C(C)C)C(C(=O)NC1CNCCC1N1CCC2(CC1)CN(C)C(=O)O2)C(N)N. The minimum Gasteiger partial charge on any atom is -0.441 e. The van der Waals surface area contributed by atoms with Gasteiger partial charge in [-0.25, -0.2) is 9.18 Å². The number of piperidine rings is 2. The number of hydrogen-bond acceptors (Lipinski definition) is 8. The van der Waals surface area contributed by atoms with Gasteiger partial charge < -0.3 is 31.7 Å². The fraction of sp³-hybridized carbons (Fsp3) is 0.800. The third-order valence-electron chi connectivity index (χ3n) is 7.43. The first kappa shape index (κ1) is 28.5. The van der Waals surface area contributed by atoms with Crippen LogP contribution in [0.5, 0.6) is 0 Å². The molecule has 3 saturated heterocycles. The van der Waals surface area contributed by atoms with Crippen LogP contribution in [0.4, 0.5) is 9.18 Å². The Labute approximate surface area is 214 Å². The summed E-state index contributed by atoms with van der Waals surface area (Å²) in [5.74, 6) is -1.18. The van der Waals surface area contributed by atoms with E-state index in [1.54, 1.807) is 24.9 Å². The highest BCUT2D eigenvalue weighted by Gasteiger charge is 2.47. The molecule has 11 heteroatoms. The smallest absolute Gasteiger partial charge is 0.410 e. The van der Waals surface area contributed by atoms with E-state index in [-0.39, 0.29) is 30.6 Å².